The predicted octanol–water partition coefficient (Wildman–Crippen LogP) is 3.92. The molecule has 3 nitrogen and oxygen atoms in total. The standard InChI is InChI=1S/C14H11ClFNO2S/c15-9-1-6-12(13(18)7-9)17-14(19)8-20-11-4-2-10(16)3-5-11/h1-7,18H,8H2,(H,17,19). The average molecular weight is 312 g/mol. The molecule has 0 saturated heterocycles. The molecule has 0 atom stereocenters. The van der Waals surface area contributed by atoms with Crippen molar-refractivity contribution in [3.05, 3.63) is 53.3 Å². The van der Waals surface area contributed by atoms with Crippen molar-refractivity contribution in [3.63, 3.8) is 0 Å². The van der Waals surface area contributed by atoms with Gasteiger partial charge in [-0.15, -0.1) is 11.8 Å². The van der Waals surface area contributed by atoms with Crippen LogP contribution in [0.1, 0.15) is 0 Å². The molecule has 2 N–H and O–H groups in total. The SMILES string of the molecule is O=C(CSc1ccc(F)cc1)Nc1ccc(Cl)cc1O. The van der Waals surface area contributed by atoms with Crippen LogP contribution in [0.5, 0.6) is 5.75 Å². The number of thioether (sulfide) groups is 1. The summed E-state index contributed by atoms with van der Waals surface area (Å²) in [4.78, 5) is 12.5. The molecule has 1 amide bonds. The Bertz CT molecular complexity index is 619. The molecule has 0 saturated carbocycles. The maximum Gasteiger partial charge on any atom is 0.234 e. The third-order valence-corrected chi connectivity index (χ3v) is 3.66. The second-order valence-corrected chi connectivity index (χ2v) is 5.44. The summed E-state index contributed by atoms with van der Waals surface area (Å²) in [6.45, 7) is 0. The van der Waals surface area contributed by atoms with E-state index in [1.807, 2.05) is 0 Å². The van der Waals surface area contributed by atoms with Crippen LogP contribution in [-0.2, 0) is 4.79 Å². The monoisotopic (exact) mass is 311 g/mol. The molecule has 0 aliphatic rings. The van der Waals surface area contributed by atoms with Crippen molar-refractivity contribution in [1.82, 2.24) is 0 Å². The number of rotatable bonds is 4. The van der Waals surface area contributed by atoms with E-state index in [9.17, 15) is 14.3 Å². The molecule has 2 aromatic rings. The lowest BCUT2D eigenvalue weighted by atomic mass is 10.3. The Morgan fingerprint density at radius 1 is 1.25 bits per heavy atom. The first-order valence-corrected chi connectivity index (χ1v) is 7.08. The zero-order valence-corrected chi connectivity index (χ0v) is 11.8. The highest BCUT2D eigenvalue weighted by Gasteiger charge is 2.07. The maximum atomic E-state index is 12.7. The van der Waals surface area contributed by atoms with Crippen LogP contribution in [0.4, 0.5) is 10.1 Å². The highest BCUT2D eigenvalue weighted by Crippen LogP contribution is 2.27. The molecule has 0 aliphatic carbocycles. The van der Waals surface area contributed by atoms with Gasteiger partial charge in [0.25, 0.3) is 0 Å². The van der Waals surface area contributed by atoms with E-state index in [0.717, 1.165) is 4.90 Å². The molecule has 0 fully saturated rings. The Balaban J connectivity index is 1.90. The summed E-state index contributed by atoms with van der Waals surface area (Å²) >= 11 is 6.98. The van der Waals surface area contributed by atoms with E-state index >= 15 is 0 Å². The van der Waals surface area contributed by atoms with E-state index in [1.54, 1.807) is 18.2 Å². The number of amides is 1. The Kier molecular flexibility index (Phi) is 4.87. The Hall–Kier alpha value is -1.72. The first-order chi connectivity index (χ1) is 9.54. The minimum atomic E-state index is -0.315. The van der Waals surface area contributed by atoms with Gasteiger partial charge in [-0.05, 0) is 36.4 Å². The van der Waals surface area contributed by atoms with Gasteiger partial charge < -0.3 is 10.4 Å². The number of benzene rings is 2. The van der Waals surface area contributed by atoms with Gasteiger partial charge in [0.05, 0.1) is 11.4 Å². The molecule has 0 radical (unpaired) electrons. The molecular weight excluding hydrogens is 301 g/mol. The average Bonchev–Trinajstić information content (AvgIpc) is 2.41. The summed E-state index contributed by atoms with van der Waals surface area (Å²) in [5.41, 5.74) is 0.305. The first-order valence-electron chi connectivity index (χ1n) is 5.71. The van der Waals surface area contributed by atoms with E-state index in [4.69, 9.17) is 11.6 Å². The highest BCUT2D eigenvalue weighted by molar-refractivity contribution is 8.00. The quantitative estimate of drug-likeness (QED) is 0.664. The summed E-state index contributed by atoms with van der Waals surface area (Å²) in [6, 6.07) is 10.3. The molecular formula is C14H11ClFNO2S. The van der Waals surface area contributed by atoms with Crippen molar-refractivity contribution in [2.24, 2.45) is 0 Å². The molecule has 0 bridgehead atoms. The topological polar surface area (TPSA) is 49.3 Å². The minimum absolute atomic E-state index is 0.0855. The number of halogens is 2. The fourth-order valence-electron chi connectivity index (χ4n) is 1.48. The van der Waals surface area contributed by atoms with Gasteiger partial charge in [0.1, 0.15) is 11.6 Å². The second kappa shape index (κ2) is 6.63. The third kappa shape index (κ3) is 4.15. The van der Waals surface area contributed by atoms with Crippen LogP contribution in [0.15, 0.2) is 47.4 Å². The van der Waals surface area contributed by atoms with Crippen molar-refractivity contribution in [3.8, 4) is 5.75 Å². The molecule has 2 aromatic carbocycles. The normalized spacial score (nSPS) is 10.3. The van der Waals surface area contributed by atoms with E-state index in [-0.39, 0.29) is 23.2 Å². The number of nitrogens with one attached hydrogen (secondary N) is 1. The number of aromatic hydroxyl groups is 1. The van der Waals surface area contributed by atoms with Gasteiger partial charge in [-0.2, -0.15) is 0 Å². The molecule has 6 heteroatoms. The van der Waals surface area contributed by atoms with Gasteiger partial charge in [-0.1, -0.05) is 11.6 Å². The molecule has 0 heterocycles. The molecule has 0 unspecified atom stereocenters. The lowest BCUT2D eigenvalue weighted by molar-refractivity contribution is -0.113. The van der Waals surface area contributed by atoms with Crippen LogP contribution >= 0.6 is 23.4 Å². The Morgan fingerprint density at radius 2 is 1.95 bits per heavy atom. The Morgan fingerprint density at radius 3 is 2.60 bits per heavy atom. The molecule has 20 heavy (non-hydrogen) atoms. The molecule has 104 valence electrons. The molecule has 2 rings (SSSR count). The van der Waals surface area contributed by atoms with Crippen LogP contribution in [0.3, 0.4) is 0 Å². The largest absolute Gasteiger partial charge is 0.506 e. The van der Waals surface area contributed by atoms with Crippen LogP contribution in [0, 0.1) is 5.82 Å². The summed E-state index contributed by atoms with van der Waals surface area (Å²) in [5, 5.41) is 12.6. The van der Waals surface area contributed by atoms with E-state index < -0.39 is 0 Å². The fraction of sp³-hybridized carbons (Fsp3) is 0.0714. The van der Waals surface area contributed by atoms with Crippen molar-refractivity contribution >= 4 is 35.0 Å². The number of phenolic OH excluding ortho intramolecular Hbond substituents is 1. The number of hydrogen-bond donors (Lipinski definition) is 2. The fourth-order valence-corrected chi connectivity index (χ4v) is 2.34. The van der Waals surface area contributed by atoms with Crippen molar-refractivity contribution in [2.75, 3.05) is 11.1 Å². The zero-order valence-electron chi connectivity index (χ0n) is 10.3. The number of anilines is 1. The molecule has 0 spiro atoms. The van der Waals surface area contributed by atoms with E-state index in [0.29, 0.717) is 10.7 Å². The number of carbonyl (C=O) groups excluding carboxylic acids is 1. The molecule has 0 aromatic heterocycles. The van der Waals surface area contributed by atoms with Crippen LogP contribution < -0.4 is 5.32 Å². The van der Waals surface area contributed by atoms with Gasteiger partial charge in [-0.3, -0.25) is 4.79 Å². The van der Waals surface area contributed by atoms with E-state index in [1.165, 1.54) is 36.0 Å². The van der Waals surface area contributed by atoms with Crippen LogP contribution in [0.2, 0.25) is 5.02 Å². The number of phenols is 1. The lowest BCUT2D eigenvalue weighted by Gasteiger charge is -2.07. The summed E-state index contributed by atoms with van der Waals surface area (Å²) in [7, 11) is 0. The van der Waals surface area contributed by atoms with Crippen LogP contribution in [0.25, 0.3) is 0 Å². The van der Waals surface area contributed by atoms with Gasteiger partial charge in [0.15, 0.2) is 0 Å². The maximum absolute atomic E-state index is 12.7. The Labute approximate surface area is 124 Å². The minimum Gasteiger partial charge on any atom is -0.506 e. The van der Waals surface area contributed by atoms with Crippen molar-refractivity contribution < 1.29 is 14.3 Å². The third-order valence-electron chi connectivity index (χ3n) is 2.42. The number of carbonyl (C=O) groups is 1. The van der Waals surface area contributed by atoms with Crippen LogP contribution in [-0.4, -0.2) is 16.8 Å². The predicted molar refractivity (Wildman–Crippen MR) is 78.9 cm³/mol. The van der Waals surface area contributed by atoms with E-state index in [2.05, 4.69) is 5.32 Å². The number of hydrogen-bond acceptors (Lipinski definition) is 3. The van der Waals surface area contributed by atoms with Crippen molar-refractivity contribution in [1.29, 1.82) is 0 Å². The zero-order chi connectivity index (χ0) is 14.5. The molecule has 0 aliphatic heterocycles. The van der Waals surface area contributed by atoms with Gasteiger partial charge in [-0.25, -0.2) is 4.39 Å². The smallest absolute Gasteiger partial charge is 0.234 e. The first kappa shape index (κ1) is 14.7. The summed E-state index contributed by atoms with van der Waals surface area (Å²) in [6.07, 6.45) is 0. The van der Waals surface area contributed by atoms with Gasteiger partial charge in [0.2, 0.25) is 5.91 Å². The highest BCUT2D eigenvalue weighted by atomic mass is 35.5. The van der Waals surface area contributed by atoms with Gasteiger partial charge >= 0.3 is 0 Å². The second-order valence-electron chi connectivity index (χ2n) is 3.95. The van der Waals surface area contributed by atoms with Crippen molar-refractivity contribution in [2.45, 2.75) is 4.90 Å². The lowest BCUT2D eigenvalue weighted by Crippen LogP contribution is -2.14. The summed E-state index contributed by atoms with van der Waals surface area (Å²) < 4.78 is 12.7. The van der Waals surface area contributed by atoms with Gasteiger partial charge in [0, 0.05) is 16.0 Å². The summed E-state index contributed by atoms with van der Waals surface area (Å²) in [5.74, 6) is -0.507.